The van der Waals surface area contributed by atoms with E-state index in [1.54, 1.807) is 12.3 Å². The van der Waals surface area contributed by atoms with Gasteiger partial charge in [-0.25, -0.2) is 9.78 Å². The van der Waals surface area contributed by atoms with Crippen LogP contribution in [0, 0.1) is 5.92 Å². The summed E-state index contributed by atoms with van der Waals surface area (Å²) in [5.41, 5.74) is 1.39. The zero-order chi connectivity index (χ0) is 25.2. The first-order valence-electron chi connectivity index (χ1n) is 11.1. The standard InChI is InChI=1S/C27H23F3N2O3/c1-16(2)11-12-35-20-7-3-17(4-8-20)18-5-9-24(31-15-18)25-14-22(26(33)34)21-13-19(27(28,29)30)6-10-23(21)32-25/h3-10,13-16H,11-12H2,1-2H3,(H,33,34). The van der Waals surface area contributed by atoms with Gasteiger partial charge in [0.05, 0.1) is 34.6 Å². The van der Waals surface area contributed by atoms with E-state index in [2.05, 4.69) is 23.8 Å². The Morgan fingerprint density at radius 3 is 2.29 bits per heavy atom. The third-order valence-electron chi connectivity index (χ3n) is 5.54. The monoisotopic (exact) mass is 480 g/mol. The van der Waals surface area contributed by atoms with Crippen LogP contribution in [-0.4, -0.2) is 27.7 Å². The number of halogens is 3. The summed E-state index contributed by atoms with van der Waals surface area (Å²) >= 11 is 0. The van der Waals surface area contributed by atoms with Crippen LogP contribution in [0.2, 0.25) is 0 Å². The fourth-order valence-electron chi connectivity index (χ4n) is 3.58. The number of ether oxygens (including phenoxy) is 1. The SMILES string of the molecule is CC(C)CCOc1ccc(-c2ccc(-c3cc(C(=O)O)c4cc(C(F)(F)F)ccc4n3)nc2)cc1. The second kappa shape index (κ2) is 9.74. The van der Waals surface area contributed by atoms with E-state index in [9.17, 15) is 23.1 Å². The number of rotatable bonds is 7. The molecule has 2 heterocycles. The number of carbonyl (C=O) groups is 1. The highest BCUT2D eigenvalue weighted by atomic mass is 19.4. The van der Waals surface area contributed by atoms with E-state index in [1.165, 1.54) is 12.1 Å². The van der Waals surface area contributed by atoms with Crippen LogP contribution in [0.5, 0.6) is 5.75 Å². The molecule has 8 heteroatoms. The van der Waals surface area contributed by atoms with Crippen molar-refractivity contribution in [1.29, 1.82) is 0 Å². The van der Waals surface area contributed by atoms with Gasteiger partial charge in [0.15, 0.2) is 0 Å². The van der Waals surface area contributed by atoms with Crippen LogP contribution < -0.4 is 4.74 Å². The van der Waals surface area contributed by atoms with Gasteiger partial charge in [-0.1, -0.05) is 32.0 Å². The maximum atomic E-state index is 13.1. The summed E-state index contributed by atoms with van der Waals surface area (Å²) in [6.45, 7) is 4.94. The van der Waals surface area contributed by atoms with Gasteiger partial charge in [0.25, 0.3) is 0 Å². The second-order valence-electron chi connectivity index (χ2n) is 8.58. The summed E-state index contributed by atoms with van der Waals surface area (Å²) < 4.78 is 45.0. The predicted molar refractivity (Wildman–Crippen MR) is 127 cm³/mol. The fourth-order valence-corrected chi connectivity index (χ4v) is 3.58. The number of aromatic nitrogens is 2. The van der Waals surface area contributed by atoms with E-state index in [0.717, 1.165) is 35.4 Å². The largest absolute Gasteiger partial charge is 0.494 e. The molecule has 0 atom stereocenters. The Balaban J connectivity index is 1.60. The van der Waals surface area contributed by atoms with Crippen LogP contribution in [0.4, 0.5) is 13.2 Å². The lowest BCUT2D eigenvalue weighted by molar-refractivity contribution is -0.137. The van der Waals surface area contributed by atoms with Gasteiger partial charge in [0.1, 0.15) is 5.75 Å². The van der Waals surface area contributed by atoms with Crippen molar-refractivity contribution in [3.63, 3.8) is 0 Å². The van der Waals surface area contributed by atoms with Crippen LogP contribution in [0.25, 0.3) is 33.4 Å². The number of pyridine rings is 2. The van der Waals surface area contributed by atoms with Gasteiger partial charge in [-0.05, 0) is 60.4 Å². The summed E-state index contributed by atoms with van der Waals surface area (Å²) in [5, 5.41) is 9.52. The van der Waals surface area contributed by atoms with Crippen molar-refractivity contribution in [2.75, 3.05) is 6.61 Å². The average molecular weight is 480 g/mol. The topological polar surface area (TPSA) is 72.3 Å². The Kier molecular flexibility index (Phi) is 6.73. The summed E-state index contributed by atoms with van der Waals surface area (Å²) in [7, 11) is 0. The zero-order valence-electron chi connectivity index (χ0n) is 19.1. The minimum absolute atomic E-state index is 0.0802. The van der Waals surface area contributed by atoms with Crippen molar-refractivity contribution in [3.8, 4) is 28.3 Å². The predicted octanol–water partition coefficient (Wildman–Crippen LogP) is 7.11. The van der Waals surface area contributed by atoms with E-state index in [1.807, 2.05) is 30.3 Å². The molecular weight excluding hydrogens is 457 g/mol. The molecule has 0 spiro atoms. The van der Waals surface area contributed by atoms with Gasteiger partial charge >= 0.3 is 12.1 Å². The Morgan fingerprint density at radius 2 is 1.69 bits per heavy atom. The fraction of sp³-hybridized carbons (Fsp3) is 0.222. The second-order valence-corrected chi connectivity index (χ2v) is 8.58. The molecule has 0 saturated carbocycles. The Bertz CT molecular complexity index is 1350. The van der Waals surface area contributed by atoms with E-state index < -0.39 is 17.7 Å². The van der Waals surface area contributed by atoms with Crippen molar-refractivity contribution >= 4 is 16.9 Å². The Labute approximate surface area is 200 Å². The molecule has 2 aromatic heterocycles. The first kappa shape index (κ1) is 24.2. The van der Waals surface area contributed by atoms with E-state index in [0.29, 0.717) is 18.2 Å². The lowest BCUT2D eigenvalue weighted by Crippen LogP contribution is -2.06. The average Bonchev–Trinajstić information content (AvgIpc) is 2.82. The molecule has 0 bridgehead atoms. The highest BCUT2D eigenvalue weighted by Gasteiger charge is 2.31. The lowest BCUT2D eigenvalue weighted by Gasteiger charge is -2.11. The molecule has 0 fully saturated rings. The lowest BCUT2D eigenvalue weighted by atomic mass is 10.0. The van der Waals surface area contributed by atoms with Crippen LogP contribution in [0.15, 0.2) is 66.9 Å². The molecule has 1 N–H and O–H groups in total. The van der Waals surface area contributed by atoms with Gasteiger partial charge in [-0.2, -0.15) is 13.2 Å². The molecule has 4 rings (SSSR count). The summed E-state index contributed by atoms with van der Waals surface area (Å²) in [4.78, 5) is 20.6. The van der Waals surface area contributed by atoms with Crippen molar-refractivity contribution in [1.82, 2.24) is 9.97 Å². The summed E-state index contributed by atoms with van der Waals surface area (Å²) in [6.07, 6.45) is -1.97. The number of hydrogen-bond acceptors (Lipinski definition) is 4. The zero-order valence-corrected chi connectivity index (χ0v) is 19.1. The van der Waals surface area contributed by atoms with Crippen LogP contribution in [0.1, 0.15) is 36.2 Å². The third kappa shape index (κ3) is 5.59. The van der Waals surface area contributed by atoms with Crippen LogP contribution in [-0.2, 0) is 6.18 Å². The molecule has 0 aliphatic heterocycles. The van der Waals surface area contributed by atoms with E-state index in [4.69, 9.17) is 4.74 Å². The minimum Gasteiger partial charge on any atom is -0.494 e. The molecule has 2 aromatic carbocycles. The molecule has 0 amide bonds. The number of benzene rings is 2. The molecule has 0 radical (unpaired) electrons. The number of hydrogen-bond donors (Lipinski definition) is 1. The summed E-state index contributed by atoms with van der Waals surface area (Å²) in [5.74, 6) is 0.0133. The molecule has 0 aliphatic rings. The highest BCUT2D eigenvalue weighted by Crippen LogP contribution is 2.33. The molecule has 5 nitrogen and oxygen atoms in total. The number of fused-ring (bicyclic) bond motifs is 1. The van der Waals surface area contributed by atoms with Gasteiger partial charge < -0.3 is 9.84 Å². The normalized spacial score (nSPS) is 11.7. The molecule has 35 heavy (non-hydrogen) atoms. The first-order chi connectivity index (χ1) is 16.6. The number of carboxylic acids is 1. The van der Waals surface area contributed by atoms with Gasteiger partial charge in [-0.3, -0.25) is 4.98 Å². The summed E-state index contributed by atoms with van der Waals surface area (Å²) in [6, 6.07) is 15.3. The first-order valence-corrected chi connectivity index (χ1v) is 11.1. The molecule has 4 aromatic rings. The highest BCUT2D eigenvalue weighted by molar-refractivity contribution is 6.03. The maximum absolute atomic E-state index is 13.1. The maximum Gasteiger partial charge on any atom is 0.416 e. The number of carboxylic acid groups (broad SMARTS) is 1. The quantitative estimate of drug-likeness (QED) is 0.305. The minimum atomic E-state index is -4.58. The van der Waals surface area contributed by atoms with Crippen LogP contribution in [0.3, 0.4) is 0 Å². The van der Waals surface area contributed by atoms with Gasteiger partial charge in [0.2, 0.25) is 0 Å². The number of nitrogens with zero attached hydrogens (tertiary/aromatic N) is 2. The molecule has 0 saturated heterocycles. The molecule has 180 valence electrons. The Morgan fingerprint density at radius 1 is 0.971 bits per heavy atom. The smallest absolute Gasteiger partial charge is 0.416 e. The number of aromatic carboxylic acids is 1. The molecular formula is C27H23F3N2O3. The van der Waals surface area contributed by atoms with Gasteiger partial charge in [-0.15, -0.1) is 0 Å². The van der Waals surface area contributed by atoms with Crippen LogP contribution >= 0.6 is 0 Å². The van der Waals surface area contributed by atoms with E-state index in [-0.39, 0.29) is 22.2 Å². The van der Waals surface area contributed by atoms with Gasteiger partial charge in [0, 0.05) is 17.1 Å². The third-order valence-corrected chi connectivity index (χ3v) is 5.54. The number of alkyl halides is 3. The molecule has 0 unspecified atom stereocenters. The van der Waals surface area contributed by atoms with Crippen molar-refractivity contribution < 1.29 is 27.8 Å². The molecule has 0 aliphatic carbocycles. The van der Waals surface area contributed by atoms with E-state index >= 15 is 0 Å². The van der Waals surface area contributed by atoms with Crippen molar-refractivity contribution in [3.05, 3.63) is 78.0 Å². The Hall–Kier alpha value is -3.94. The van der Waals surface area contributed by atoms with Crippen molar-refractivity contribution in [2.45, 2.75) is 26.4 Å². The van der Waals surface area contributed by atoms with Crippen molar-refractivity contribution in [2.24, 2.45) is 5.92 Å².